The van der Waals surface area contributed by atoms with Crippen LogP contribution in [0, 0.1) is 0 Å². The lowest BCUT2D eigenvalue weighted by atomic mass is 9.80. The fourth-order valence-corrected chi connectivity index (χ4v) is 3.13. The van der Waals surface area contributed by atoms with Gasteiger partial charge in [-0.05, 0) is 34.3 Å². The molecule has 1 heterocycles. The van der Waals surface area contributed by atoms with E-state index >= 15 is 0 Å². The Kier molecular flexibility index (Phi) is 4.54. The Labute approximate surface area is 139 Å². The Hall–Kier alpha value is -2.77. The van der Waals surface area contributed by atoms with Crippen LogP contribution in [0.2, 0.25) is 0 Å². The third-order valence-electron chi connectivity index (χ3n) is 4.25. The SMILES string of the molecule is COc1ccc([C@@H]2CC(=O)C[C@@H](Nc3nonc3N)C2)c(OC)c1. The number of Topliss-reactive ketones (excluding diaryl/α,β-unsaturated/α-hetero) is 1. The molecule has 1 fully saturated rings. The summed E-state index contributed by atoms with van der Waals surface area (Å²) in [5.41, 5.74) is 6.66. The predicted molar refractivity (Wildman–Crippen MR) is 87.3 cm³/mol. The van der Waals surface area contributed by atoms with E-state index in [1.165, 1.54) is 0 Å². The maximum absolute atomic E-state index is 12.2. The van der Waals surface area contributed by atoms with Gasteiger partial charge in [0.25, 0.3) is 0 Å². The van der Waals surface area contributed by atoms with E-state index in [4.69, 9.17) is 15.2 Å². The first-order valence-corrected chi connectivity index (χ1v) is 7.69. The molecule has 128 valence electrons. The van der Waals surface area contributed by atoms with Crippen LogP contribution in [-0.4, -0.2) is 36.4 Å². The first-order valence-electron chi connectivity index (χ1n) is 7.69. The summed E-state index contributed by atoms with van der Waals surface area (Å²) < 4.78 is 15.3. The van der Waals surface area contributed by atoms with E-state index in [2.05, 4.69) is 20.3 Å². The van der Waals surface area contributed by atoms with Crippen LogP contribution < -0.4 is 20.5 Å². The lowest BCUT2D eigenvalue weighted by molar-refractivity contribution is -0.120. The lowest BCUT2D eigenvalue weighted by Gasteiger charge is -2.30. The number of methoxy groups -OCH3 is 2. The molecule has 1 saturated carbocycles. The third-order valence-corrected chi connectivity index (χ3v) is 4.25. The molecule has 8 nitrogen and oxygen atoms in total. The number of ether oxygens (including phenoxy) is 2. The van der Waals surface area contributed by atoms with Gasteiger partial charge in [0, 0.05) is 24.9 Å². The zero-order valence-corrected chi connectivity index (χ0v) is 13.6. The van der Waals surface area contributed by atoms with E-state index in [0.717, 1.165) is 17.7 Å². The maximum Gasteiger partial charge on any atom is 0.215 e. The van der Waals surface area contributed by atoms with Crippen molar-refractivity contribution in [1.82, 2.24) is 10.3 Å². The molecule has 2 atom stereocenters. The molecule has 3 rings (SSSR count). The highest BCUT2D eigenvalue weighted by Crippen LogP contribution is 2.38. The summed E-state index contributed by atoms with van der Waals surface area (Å²) in [7, 11) is 3.22. The van der Waals surface area contributed by atoms with Crippen molar-refractivity contribution in [3.05, 3.63) is 23.8 Å². The molecule has 1 aromatic heterocycles. The van der Waals surface area contributed by atoms with E-state index in [1.807, 2.05) is 18.2 Å². The number of carbonyl (C=O) groups excluding carboxylic acids is 1. The van der Waals surface area contributed by atoms with Gasteiger partial charge in [0.2, 0.25) is 11.6 Å². The van der Waals surface area contributed by atoms with Crippen molar-refractivity contribution in [1.29, 1.82) is 0 Å². The van der Waals surface area contributed by atoms with Gasteiger partial charge in [0.1, 0.15) is 17.3 Å². The van der Waals surface area contributed by atoms with Crippen molar-refractivity contribution in [2.75, 3.05) is 25.3 Å². The standard InChI is InChI=1S/C16H20N4O4/c1-22-12-3-4-13(14(8-12)23-2)9-5-10(7-11(21)6-9)18-16-15(17)19-24-20-16/h3-4,8-10H,5-7H2,1-2H3,(H2,17,19)(H,18,20)/t9-,10-/m0/s1. The van der Waals surface area contributed by atoms with Crippen LogP contribution in [0.25, 0.3) is 0 Å². The van der Waals surface area contributed by atoms with Crippen LogP contribution in [0.1, 0.15) is 30.7 Å². The fourth-order valence-electron chi connectivity index (χ4n) is 3.13. The minimum atomic E-state index is -0.0859. The fraction of sp³-hybridized carbons (Fsp3) is 0.438. The molecule has 2 aromatic rings. The second-order valence-electron chi connectivity index (χ2n) is 5.83. The van der Waals surface area contributed by atoms with Crippen molar-refractivity contribution in [2.45, 2.75) is 31.2 Å². The van der Waals surface area contributed by atoms with Crippen molar-refractivity contribution < 1.29 is 18.9 Å². The molecule has 0 spiro atoms. The van der Waals surface area contributed by atoms with Gasteiger partial charge in [0.15, 0.2) is 0 Å². The second-order valence-corrected chi connectivity index (χ2v) is 5.83. The van der Waals surface area contributed by atoms with Gasteiger partial charge >= 0.3 is 0 Å². The normalized spacial score (nSPS) is 20.7. The van der Waals surface area contributed by atoms with Crippen LogP contribution >= 0.6 is 0 Å². The van der Waals surface area contributed by atoms with Gasteiger partial charge in [-0.2, -0.15) is 0 Å². The molecule has 1 aliphatic carbocycles. The summed E-state index contributed by atoms with van der Waals surface area (Å²) in [5.74, 6) is 2.22. The van der Waals surface area contributed by atoms with Crippen LogP contribution in [0.3, 0.4) is 0 Å². The lowest BCUT2D eigenvalue weighted by Crippen LogP contribution is -2.32. The molecule has 0 amide bonds. The maximum atomic E-state index is 12.2. The first kappa shape index (κ1) is 16.1. The highest BCUT2D eigenvalue weighted by Gasteiger charge is 2.31. The number of nitrogens with one attached hydrogen (secondary N) is 1. The van der Waals surface area contributed by atoms with Crippen LogP contribution in [0.5, 0.6) is 11.5 Å². The molecular weight excluding hydrogens is 312 g/mol. The number of nitrogens with zero attached hydrogens (tertiary/aromatic N) is 2. The van der Waals surface area contributed by atoms with Crippen LogP contribution in [0.4, 0.5) is 11.6 Å². The number of anilines is 2. The average Bonchev–Trinajstić information content (AvgIpc) is 2.98. The number of aromatic nitrogens is 2. The minimum absolute atomic E-state index is 0.0469. The number of ketones is 1. The number of rotatable bonds is 5. The Morgan fingerprint density at radius 2 is 2.08 bits per heavy atom. The number of nitrogens with two attached hydrogens (primary N) is 1. The molecule has 0 aliphatic heterocycles. The number of nitrogen functional groups attached to an aromatic ring is 1. The largest absolute Gasteiger partial charge is 0.497 e. The smallest absolute Gasteiger partial charge is 0.215 e. The van der Waals surface area contributed by atoms with Gasteiger partial charge in [0.05, 0.1) is 14.2 Å². The molecular formula is C16H20N4O4. The zero-order chi connectivity index (χ0) is 17.1. The Morgan fingerprint density at radius 1 is 1.25 bits per heavy atom. The topological polar surface area (TPSA) is 112 Å². The van der Waals surface area contributed by atoms with Crippen LogP contribution in [0.15, 0.2) is 22.8 Å². The molecule has 3 N–H and O–H groups in total. The van der Waals surface area contributed by atoms with Gasteiger partial charge < -0.3 is 20.5 Å². The number of benzene rings is 1. The highest BCUT2D eigenvalue weighted by atomic mass is 16.6. The van der Waals surface area contributed by atoms with Crippen molar-refractivity contribution in [3.8, 4) is 11.5 Å². The molecule has 1 aromatic carbocycles. The number of hydrogen-bond acceptors (Lipinski definition) is 8. The van der Waals surface area contributed by atoms with Gasteiger partial charge in [-0.25, -0.2) is 4.63 Å². The summed E-state index contributed by atoms with van der Waals surface area (Å²) in [4.78, 5) is 12.2. The Bertz CT molecular complexity index is 731. The summed E-state index contributed by atoms with van der Waals surface area (Å²) in [6.07, 6.45) is 1.65. The third kappa shape index (κ3) is 3.27. The van der Waals surface area contributed by atoms with Gasteiger partial charge in [-0.1, -0.05) is 6.07 Å². The molecule has 8 heteroatoms. The first-order chi connectivity index (χ1) is 11.6. The molecule has 0 saturated heterocycles. The molecule has 0 radical (unpaired) electrons. The van der Waals surface area contributed by atoms with E-state index in [9.17, 15) is 4.79 Å². The van der Waals surface area contributed by atoms with Crippen molar-refractivity contribution in [2.24, 2.45) is 0 Å². The van der Waals surface area contributed by atoms with E-state index in [0.29, 0.717) is 24.4 Å². The molecule has 1 aliphatic rings. The minimum Gasteiger partial charge on any atom is -0.497 e. The Morgan fingerprint density at radius 3 is 2.75 bits per heavy atom. The second kappa shape index (κ2) is 6.77. The molecule has 0 unspecified atom stereocenters. The van der Waals surface area contributed by atoms with Crippen LogP contribution in [-0.2, 0) is 4.79 Å². The van der Waals surface area contributed by atoms with Crippen molar-refractivity contribution in [3.63, 3.8) is 0 Å². The van der Waals surface area contributed by atoms with E-state index in [1.54, 1.807) is 14.2 Å². The zero-order valence-electron chi connectivity index (χ0n) is 13.6. The highest BCUT2D eigenvalue weighted by molar-refractivity contribution is 5.81. The van der Waals surface area contributed by atoms with Crippen molar-refractivity contribution >= 4 is 17.4 Å². The van der Waals surface area contributed by atoms with E-state index in [-0.39, 0.29) is 23.6 Å². The summed E-state index contributed by atoms with van der Waals surface area (Å²) >= 11 is 0. The molecule has 0 bridgehead atoms. The molecule has 24 heavy (non-hydrogen) atoms. The number of hydrogen-bond donors (Lipinski definition) is 2. The predicted octanol–water partition coefficient (Wildman–Crippen LogP) is 1.99. The summed E-state index contributed by atoms with van der Waals surface area (Å²) in [6.45, 7) is 0. The van der Waals surface area contributed by atoms with Gasteiger partial charge in [-0.15, -0.1) is 0 Å². The summed E-state index contributed by atoms with van der Waals surface area (Å²) in [5, 5.41) is 10.4. The average molecular weight is 332 g/mol. The number of carbonyl (C=O) groups is 1. The Balaban J connectivity index is 1.81. The van der Waals surface area contributed by atoms with Gasteiger partial charge in [-0.3, -0.25) is 4.79 Å². The quantitative estimate of drug-likeness (QED) is 0.854. The summed E-state index contributed by atoms with van der Waals surface area (Å²) in [6, 6.07) is 5.57. The monoisotopic (exact) mass is 332 g/mol. The van der Waals surface area contributed by atoms with E-state index < -0.39 is 0 Å².